The molecule has 0 fully saturated rings. The third kappa shape index (κ3) is 9.09. The van der Waals surface area contributed by atoms with Gasteiger partial charge in [0.15, 0.2) is 0 Å². The zero-order valence-electron chi connectivity index (χ0n) is 11.1. The van der Waals surface area contributed by atoms with Crippen LogP contribution in [0.15, 0.2) is 12.7 Å². The summed E-state index contributed by atoms with van der Waals surface area (Å²) >= 11 is 0. The van der Waals surface area contributed by atoms with Gasteiger partial charge in [-0.3, -0.25) is 0 Å². The van der Waals surface area contributed by atoms with Crippen molar-refractivity contribution in [3.05, 3.63) is 12.7 Å². The Kier molecular flexibility index (Phi) is 10.1. The van der Waals surface area contributed by atoms with E-state index in [0.717, 1.165) is 12.5 Å². The minimum absolute atomic E-state index is 0.00712. The number of carbonyl (C=O) groups is 1. The first-order valence-electron chi connectivity index (χ1n) is 6.20. The van der Waals surface area contributed by atoms with E-state index in [2.05, 4.69) is 6.58 Å². The van der Waals surface area contributed by atoms with E-state index in [1.165, 1.54) is 6.08 Å². The largest absolute Gasteiger partial charge is 0.460 e. The summed E-state index contributed by atoms with van der Waals surface area (Å²) in [6.07, 6.45) is 2.00. The molecule has 0 aliphatic carbocycles. The molecule has 0 spiro atoms. The van der Waals surface area contributed by atoms with Crippen LogP contribution in [0.5, 0.6) is 0 Å². The fraction of sp³-hybridized carbons (Fsp3) is 0.750. The van der Waals surface area contributed by atoms with Crippen molar-refractivity contribution in [1.29, 1.82) is 0 Å². The maximum atomic E-state index is 10.9. The molecule has 0 aromatic rings. The van der Waals surface area contributed by atoms with Crippen LogP contribution < -0.4 is 0 Å². The maximum Gasteiger partial charge on any atom is 0.330 e. The van der Waals surface area contributed by atoms with E-state index in [4.69, 9.17) is 14.2 Å². The first-order valence-corrected chi connectivity index (χ1v) is 8.01. The smallest absolute Gasteiger partial charge is 0.330 e. The highest BCUT2D eigenvalue weighted by atomic mass is 28.2. The third-order valence-electron chi connectivity index (χ3n) is 2.24. The SMILES string of the molecule is C=CC(=O)OC(C)CC[SiH2]C(OCC)OCC. The van der Waals surface area contributed by atoms with E-state index in [1.54, 1.807) is 0 Å². The molecule has 0 amide bonds. The minimum atomic E-state index is -0.441. The lowest BCUT2D eigenvalue weighted by Crippen LogP contribution is -2.25. The van der Waals surface area contributed by atoms with Gasteiger partial charge in [0.25, 0.3) is 0 Å². The van der Waals surface area contributed by atoms with E-state index in [1.807, 2.05) is 20.8 Å². The molecule has 0 saturated heterocycles. The maximum absolute atomic E-state index is 10.9. The van der Waals surface area contributed by atoms with Crippen molar-refractivity contribution in [3.8, 4) is 0 Å². The predicted octanol–water partition coefficient (Wildman–Crippen LogP) is 1.44. The van der Waals surface area contributed by atoms with E-state index < -0.39 is 9.52 Å². The topological polar surface area (TPSA) is 44.8 Å². The van der Waals surface area contributed by atoms with E-state index >= 15 is 0 Å². The number of hydrogen-bond donors (Lipinski definition) is 0. The van der Waals surface area contributed by atoms with Gasteiger partial charge in [-0.15, -0.1) is 0 Å². The predicted molar refractivity (Wildman–Crippen MR) is 70.8 cm³/mol. The van der Waals surface area contributed by atoms with Crippen molar-refractivity contribution in [2.24, 2.45) is 0 Å². The molecule has 0 aromatic heterocycles. The second kappa shape index (κ2) is 10.5. The van der Waals surface area contributed by atoms with Gasteiger partial charge in [0.2, 0.25) is 0 Å². The van der Waals surface area contributed by atoms with Gasteiger partial charge < -0.3 is 14.2 Å². The van der Waals surface area contributed by atoms with E-state index in [9.17, 15) is 4.79 Å². The third-order valence-corrected chi connectivity index (χ3v) is 4.00. The molecule has 0 N–H and O–H groups in total. The lowest BCUT2D eigenvalue weighted by Gasteiger charge is -2.17. The summed E-state index contributed by atoms with van der Waals surface area (Å²) in [5, 5.41) is 0. The lowest BCUT2D eigenvalue weighted by atomic mass is 10.3. The Labute approximate surface area is 106 Å². The molecule has 1 unspecified atom stereocenters. The molecule has 0 rings (SSSR count). The van der Waals surface area contributed by atoms with Crippen molar-refractivity contribution in [2.75, 3.05) is 13.2 Å². The first-order chi connectivity index (χ1) is 8.13. The van der Waals surface area contributed by atoms with Gasteiger partial charge >= 0.3 is 5.97 Å². The van der Waals surface area contributed by atoms with Gasteiger partial charge in [0.1, 0.15) is 5.91 Å². The molecule has 0 aromatic carbocycles. The Hall–Kier alpha value is -0.653. The van der Waals surface area contributed by atoms with Gasteiger partial charge in [-0.2, -0.15) is 0 Å². The highest BCUT2D eigenvalue weighted by molar-refractivity contribution is 6.36. The van der Waals surface area contributed by atoms with Gasteiger partial charge in [0.05, 0.1) is 15.6 Å². The molecule has 0 aliphatic rings. The van der Waals surface area contributed by atoms with Crippen LogP contribution in [0, 0.1) is 0 Å². The standard InChI is InChI=1S/C12H24O4Si/c1-5-11(13)16-10(4)8-9-17-12(14-6-2)15-7-3/h5,10,12H,1,6-9,17H2,2-4H3. The quantitative estimate of drug-likeness (QED) is 0.258. The molecule has 1 atom stereocenters. The van der Waals surface area contributed by atoms with Crippen LogP contribution in [-0.2, 0) is 19.0 Å². The number of esters is 1. The number of hydrogen-bond acceptors (Lipinski definition) is 4. The highest BCUT2D eigenvalue weighted by Gasteiger charge is 2.11. The average Bonchev–Trinajstić information content (AvgIpc) is 2.29. The molecule has 100 valence electrons. The fourth-order valence-electron chi connectivity index (χ4n) is 1.46. The van der Waals surface area contributed by atoms with E-state index in [0.29, 0.717) is 13.2 Å². The summed E-state index contributed by atoms with van der Waals surface area (Å²) < 4.78 is 16.0. The Morgan fingerprint density at radius 2 is 1.94 bits per heavy atom. The number of carbonyl (C=O) groups excluding carboxylic acids is 1. The van der Waals surface area contributed by atoms with E-state index in [-0.39, 0.29) is 18.0 Å². The summed E-state index contributed by atoms with van der Waals surface area (Å²) in [4.78, 5) is 10.9. The fourth-order valence-corrected chi connectivity index (χ4v) is 3.41. The number of rotatable bonds is 10. The molecule has 5 heteroatoms. The Morgan fingerprint density at radius 3 is 2.41 bits per heavy atom. The number of ether oxygens (including phenoxy) is 3. The van der Waals surface area contributed by atoms with Gasteiger partial charge in [-0.25, -0.2) is 4.79 Å². The monoisotopic (exact) mass is 260 g/mol. The zero-order valence-corrected chi connectivity index (χ0v) is 12.5. The molecular formula is C12H24O4Si. The highest BCUT2D eigenvalue weighted by Crippen LogP contribution is 2.05. The Bertz CT molecular complexity index is 215. The van der Waals surface area contributed by atoms with Crippen LogP contribution in [0.3, 0.4) is 0 Å². The zero-order chi connectivity index (χ0) is 13.1. The van der Waals surface area contributed by atoms with Crippen molar-refractivity contribution in [3.63, 3.8) is 0 Å². The summed E-state index contributed by atoms with van der Waals surface area (Å²) in [5.41, 5.74) is 0. The molecule has 0 saturated carbocycles. The second-order valence-electron chi connectivity index (χ2n) is 3.72. The lowest BCUT2D eigenvalue weighted by molar-refractivity contribution is -0.142. The molecule has 17 heavy (non-hydrogen) atoms. The average molecular weight is 260 g/mol. The van der Waals surface area contributed by atoms with Crippen LogP contribution in [0.25, 0.3) is 0 Å². The molecule has 4 nitrogen and oxygen atoms in total. The normalized spacial score (nSPS) is 13.2. The second-order valence-corrected chi connectivity index (χ2v) is 5.67. The summed E-state index contributed by atoms with van der Waals surface area (Å²) in [6, 6.07) is 1.04. The Morgan fingerprint density at radius 1 is 1.35 bits per heavy atom. The van der Waals surface area contributed by atoms with Crippen molar-refractivity contribution in [1.82, 2.24) is 0 Å². The first kappa shape index (κ1) is 16.3. The summed E-state index contributed by atoms with van der Waals surface area (Å²) in [6.45, 7) is 10.6. The van der Waals surface area contributed by atoms with Crippen LogP contribution in [-0.4, -0.2) is 40.7 Å². The van der Waals surface area contributed by atoms with Crippen LogP contribution in [0.2, 0.25) is 6.04 Å². The summed E-state index contributed by atoms with van der Waals surface area (Å²) in [7, 11) is -0.441. The molecule has 0 bridgehead atoms. The van der Waals surface area contributed by atoms with Crippen molar-refractivity contribution >= 4 is 15.5 Å². The van der Waals surface area contributed by atoms with Gasteiger partial charge in [-0.05, 0) is 27.2 Å². The molecular weight excluding hydrogens is 236 g/mol. The molecule has 0 aliphatic heterocycles. The Balaban J connectivity index is 3.71. The van der Waals surface area contributed by atoms with Crippen LogP contribution >= 0.6 is 0 Å². The molecule has 0 heterocycles. The van der Waals surface area contributed by atoms with Crippen LogP contribution in [0.1, 0.15) is 27.2 Å². The molecule has 0 radical (unpaired) electrons. The van der Waals surface area contributed by atoms with Crippen molar-refractivity contribution in [2.45, 2.75) is 45.3 Å². The van der Waals surface area contributed by atoms with Crippen molar-refractivity contribution < 1.29 is 19.0 Å². The van der Waals surface area contributed by atoms with Gasteiger partial charge in [-0.1, -0.05) is 12.6 Å². The minimum Gasteiger partial charge on any atom is -0.460 e. The summed E-state index contributed by atoms with van der Waals surface area (Å²) in [5.74, 6) is -0.363. The van der Waals surface area contributed by atoms with Gasteiger partial charge in [0, 0.05) is 19.3 Å². The van der Waals surface area contributed by atoms with Crippen LogP contribution in [0.4, 0.5) is 0 Å².